The van der Waals surface area contributed by atoms with Crippen LogP contribution in [0.15, 0.2) is 6.07 Å². The van der Waals surface area contributed by atoms with Gasteiger partial charge in [-0.25, -0.2) is 13.8 Å². The van der Waals surface area contributed by atoms with Crippen LogP contribution in [0.2, 0.25) is 0 Å². The lowest BCUT2D eigenvalue weighted by molar-refractivity contribution is -0.275. The first-order chi connectivity index (χ1) is 8.28. The molecule has 1 aromatic rings. The summed E-state index contributed by atoms with van der Waals surface area (Å²) in [7, 11) is 0. The van der Waals surface area contributed by atoms with Gasteiger partial charge >= 0.3 is 6.36 Å². The molecule has 102 valence electrons. The molecule has 1 rings (SSSR count). The van der Waals surface area contributed by atoms with Crippen molar-refractivity contribution in [2.75, 3.05) is 0 Å². The largest absolute Gasteiger partial charge is 0.573 e. The van der Waals surface area contributed by atoms with E-state index in [1.165, 1.54) is 0 Å². The Hall–Kier alpha value is -1.48. The predicted molar refractivity (Wildman–Crippen MR) is 49.7 cm³/mol. The van der Waals surface area contributed by atoms with Gasteiger partial charge in [0, 0.05) is 12.1 Å². The van der Waals surface area contributed by atoms with E-state index in [0.29, 0.717) is 6.07 Å². The van der Waals surface area contributed by atoms with Gasteiger partial charge < -0.3 is 15.6 Å². The van der Waals surface area contributed by atoms with Crippen molar-refractivity contribution in [3.05, 3.63) is 23.0 Å². The van der Waals surface area contributed by atoms with E-state index in [1.54, 1.807) is 0 Å². The molecule has 3 N–H and O–H groups in total. The highest BCUT2D eigenvalue weighted by atomic mass is 19.4. The van der Waals surface area contributed by atoms with Crippen LogP contribution in [-0.2, 0) is 13.2 Å². The molecule has 0 aromatic carbocycles. The van der Waals surface area contributed by atoms with Crippen LogP contribution in [-0.4, -0.2) is 16.5 Å². The number of hydrogen-bond acceptors (Lipinski definition) is 4. The Morgan fingerprint density at radius 1 is 1.39 bits per heavy atom. The molecule has 1 heterocycles. The number of hydrogen-bond donors (Lipinski definition) is 2. The number of aromatic nitrogens is 1. The lowest BCUT2D eigenvalue weighted by Crippen LogP contribution is -2.21. The van der Waals surface area contributed by atoms with Crippen LogP contribution in [0.1, 0.15) is 23.4 Å². The maximum absolute atomic E-state index is 12.4. The minimum absolute atomic E-state index is 0.446. The zero-order valence-corrected chi connectivity index (χ0v) is 8.84. The van der Waals surface area contributed by atoms with Crippen LogP contribution in [0, 0.1) is 0 Å². The average Bonchev–Trinajstić information content (AvgIpc) is 2.26. The van der Waals surface area contributed by atoms with Gasteiger partial charge in [-0.3, -0.25) is 0 Å². The fraction of sp³-hybridized carbons (Fsp3) is 0.444. The van der Waals surface area contributed by atoms with Gasteiger partial charge in [-0.05, 0) is 6.07 Å². The molecule has 0 unspecified atom stereocenters. The fourth-order valence-electron chi connectivity index (χ4n) is 1.28. The summed E-state index contributed by atoms with van der Waals surface area (Å²) < 4.78 is 64.8. The van der Waals surface area contributed by atoms with Crippen LogP contribution in [0.25, 0.3) is 0 Å². The van der Waals surface area contributed by atoms with Gasteiger partial charge in [0.15, 0.2) is 5.75 Å². The Kier molecular flexibility index (Phi) is 4.41. The summed E-state index contributed by atoms with van der Waals surface area (Å²) in [6, 6.07) is 0.644. The Labute approximate surface area is 98.2 Å². The molecule has 0 atom stereocenters. The van der Waals surface area contributed by atoms with Gasteiger partial charge in [-0.2, -0.15) is 0 Å². The monoisotopic (exact) mass is 272 g/mol. The molecule has 0 saturated heterocycles. The van der Waals surface area contributed by atoms with Crippen molar-refractivity contribution in [2.24, 2.45) is 5.73 Å². The van der Waals surface area contributed by atoms with Gasteiger partial charge in [-0.15, -0.1) is 13.2 Å². The van der Waals surface area contributed by atoms with E-state index in [4.69, 9.17) is 10.8 Å². The number of aliphatic hydroxyl groups is 1. The van der Waals surface area contributed by atoms with E-state index < -0.39 is 48.6 Å². The smallest absolute Gasteiger partial charge is 0.403 e. The fourth-order valence-corrected chi connectivity index (χ4v) is 1.28. The zero-order valence-electron chi connectivity index (χ0n) is 8.84. The minimum atomic E-state index is -5.03. The summed E-state index contributed by atoms with van der Waals surface area (Å²) in [6.07, 6.45) is -8.01. The van der Waals surface area contributed by atoms with Crippen LogP contribution < -0.4 is 10.5 Å². The third-order valence-corrected chi connectivity index (χ3v) is 1.94. The summed E-state index contributed by atoms with van der Waals surface area (Å²) in [5, 5.41) is 8.88. The highest BCUT2D eigenvalue weighted by Crippen LogP contribution is 2.32. The standard InChI is InChI=1S/C9H9F5N2O2/c10-8(11)5-1-4(3-17)7(6(2-15)16-5)18-9(12,13)14/h1,8,17H,2-3,15H2. The highest BCUT2D eigenvalue weighted by Gasteiger charge is 2.34. The SMILES string of the molecule is NCc1nc(C(F)F)cc(CO)c1OC(F)(F)F. The molecule has 0 saturated carbocycles. The second-order valence-corrected chi connectivity index (χ2v) is 3.19. The minimum Gasteiger partial charge on any atom is -0.403 e. The molecular weight excluding hydrogens is 263 g/mol. The number of alkyl halides is 5. The summed E-state index contributed by atoms with van der Waals surface area (Å²) in [6.45, 7) is -1.43. The van der Waals surface area contributed by atoms with Crippen molar-refractivity contribution in [1.82, 2.24) is 4.98 Å². The van der Waals surface area contributed by atoms with Gasteiger partial charge in [0.05, 0.1) is 12.3 Å². The number of aliphatic hydroxyl groups excluding tert-OH is 1. The van der Waals surface area contributed by atoms with Crippen molar-refractivity contribution in [3.63, 3.8) is 0 Å². The third kappa shape index (κ3) is 3.50. The van der Waals surface area contributed by atoms with Crippen molar-refractivity contribution < 1.29 is 31.8 Å². The van der Waals surface area contributed by atoms with E-state index in [-0.39, 0.29) is 0 Å². The molecular formula is C9H9F5N2O2. The molecule has 0 radical (unpaired) electrons. The topological polar surface area (TPSA) is 68.4 Å². The van der Waals surface area contributed by atoms with E-state index in [9.17, 15) is 22.0 Å². The van der Waals surface area contributed by atoms with Crippen molar-refractivity contribution in [2.45, 2.75) is 25.9 Å². The first kappa shape index (κ1) is 14.6. The number of nitrogens with two attached hydrogens (primary N) is 1. The summed E-state index contributed by atoms with van der Waals surface area (Å²) in [4.78, 5) is 3.27. The van der Waals surface area contributed by atoms with E-state index in [0.717, 1.165) is 0 Å². The van der Waals surface area contributed by atoms with Crippen LogP contribution >= 0.6 is 0 Å². The quantitative estimate of drug-likeness (QED) is 0.821. The van der Waals surface area contributed by atoms with Crippen LogP contribution in [0.4, 0.5) is 22.0 Å². The molecule has 1 aromatic heterocycles. The number of rotatable bonds is 4. The second-order valence-electron chi connectivity index (χ2n) is 3.19. The summed E-state index contributed by atoms with van der Waals surface area (Å²) >= 11 is 0. The van der Waals surface area contributed by atoms with Crippen molar-refractivity contribution in [1.29, 1.82) is 0 Å². The third-order valence-electron chi connectivity index (χ3n) is 1.94. The summed E-state index contributed by atoms with van der Waals surface area (Å²) in [5.74, 6) is -0.836. The van der Waals surface area contributed by atoms with Crippen LogP contribution in [0.3, 0.4) is 0 Å². The summed E-state index contributed by atoms with van der Waals surface area (Å²) in [5.41, 5.74) is 3.42. The Balaban J connectivity index is 3.30. The lowest BCUT2D eigenvalue weighted by atomic mass is 10.1. The lowest BCUT2D eigenvalue weighted by Gasteiger charge is -2.16. The number of ether oxygens (including phenoxy) is 1. The molecule has 4 nitrogen and oxygen atoms in total. The number of nitrogens with zero attached hydrogens (tertiary/aromatic N) is 1. The Morgan fingerprint density at radius 2 is 2.00 bits per heavy atom. The first-order valence-corrected chi connectivity index (χ1v) is 4.66. The van der Waals surface area contributed by atoms with Crippen LogP contribution in [0.5, 0.6) is 5.75 Å². The van der Waals surface area contributed by atoms with E-state index in [1.807, 2.05) is 0 Å². The van der Waals surface area contributed by atoms with Crippen molar-refractivity contribution >= 4 is 0 Å². The number of halogens is 5. The van der Waals surface area contributed by atoms with Gasteiger partial charge in [0.1, 0.15) is 5.69 Å². The molecule has 0 aliphatic carbocycles. The molecule has 0 aliphatic rings. The zero-order chi connectivity index (χ0) is 13.9. The molecule has 9 heteroatoms. The van der Waals surface area contributed by atoms with Gasteiger partial charge in [-0.1, -0.05) is 0 Å². The molecule has 0 amide bonds. The van der Waals surface area contributed by atoms with Gasteiger partial charge in [0.2, 0.25) is 0 Å². The van der Waals surface area contributed by atoms with Crippen molar-refractivity contribution in [3.8, 4) is 5.75 Å². The predicted octanol–water partition coefficient (Wildman–Crippen LogP) is 1.87. The Bertz CT molecular complexity index is 397. The van der Waals surface area contributed by atoms with E-state index in [2.05, 4.69) is 9.72 Å². The number of pyridine rings is 1. The maximum Gasteiger partial charge on any atom is 0.573 e. The normalized spacial score (nSPS) is 12.0. The first-order valence-electron chi connectivity index (χ1n) is 4.66. The molecule has 0 bridgehead atoms. The maximum atomic E-state index is 12.4. The highest BCUT2D eigenvalue weighted by molar-refractivity contribution is 5.39. The average molecular weight is 272 g/mol. The molecule has 0 spiro atoms. The molecule has 18 heavy (non-hydrogen) atoms. The van der Waals surface area contributed by atoms with E-state index >= 15 is 0 Å². The molecule has 0 aliphatic heterocycles. The van der Waals surface area contributed by atoms with Gasteiger partial charge in [0.25, 0.3) is 6.43 Å². The Morgan fingerprint density at radius 3 is 2.39 bits per heavy atom. The second kappa shape index (κ2) is 5.44. The molecule has 0 fully saturated rings.